The summed E-state index contributed by atoms with van der Waals surface area (Å²) < 4.78 is 18.4. The number of ether oxygens (including phenoxy) is 1. The minimum absolute atomic E-state index is 0.00130. The highest BCUT2D eigenvalue weighted by Gasteiger charge is 2.16. The van der Waals surface area contributed by atoms with Crippen molar-refractivity contribution in [2.24, 2.45) is 0 Å². The van der Waals surface area contributed by atoms with Crippen LogP contribution in [0.1, 0.15) is 10.4 Å². The highest BCUT2D eigenvalue weighted by molar-refractivity contribution is 5.95. The molecule has 0 radical (unpaired) electrons. The molecule has 0 saturated carbocycles. The van der Waals surface area contributed by atoms with Gasteiger partial charge in [-0.05, 0) is 30.3 Å². The lowest BCUT2D eigenvalue weighted by Crippen LogP contribution is -2.02. The number of methoxy groups -OCH3 is 1. The molecule has 0 amide bonds. The van der Waals surface area contributed by atoms with Crippen LogP contribution in [0.3, 0.4) is 0 Å². The molecular formula is C13H10FNO3. The number of hydrogen-bond donors (Lipinski definition) is 1. The first-order chi connectivity index (χ1) is 8.63. The lowest BCUT2D eigenvalue weighted by Gasteiger charge is -2.09. The topological polar surface area (TPSA) is 59.4 Å². The van der Waals surface area contributed by atoms with E-state index in [2.05, 4.69) is 4.98 Å². The van der Waals surface area contributed by atoms with Crippen LogP contribution in [-0.2, 0) is 0 Å². The number of benzene rings is 1. The highest BCUT2D eigenvalue weighted by atomic mass is 19.1. The minimum atomic E-state index is -1.12. The zero-order valence-corrected chi connectivity index (χ0v) is 9.55. The third-order valence-electron chi connectivity index (χ3n) is 2.45. The molecule has 92 valence electrons. The lowest BCUT2D eigenvalue weighted by molar-refractivity contribution is 0.0697. The Morgan fingerprint density at radius 3 is 2.83 bits per heavy atom. The van der Waals surface area contributed by atoms with Crippen molar-refractivity contribution >= 4 is 5.97 Å². The van der Waals surface area contributed by atoms with Gasteiger partial charge in [-0.1, -0.05) is 0 Å². The molecular weight excluding hydrogens is 237 g/mol. The van der Waals surface area contributed by atoms with Gasteiger partial charge >= 0.3 is 5.97 Å². The molecule has 2 aromatic rings. The van der Waals surface area contributed by atoms with Crippen molar-refractivity contribution in [2.75, 3.05) is 7.11 Å². The molecule has 1 N–H and O–H groups in total. The normalized spacial score (nSPS) is 10.1. The molecule has 0 saturated heterocycles. The minimum Gasteiger partial charge on any atom is -0.496 e. The quantitative estimate of drug-likeness (QED) is 0.905. The van der Waals surface area contributed by atoms with Gasteiger partial charge in [0.15, 0.2) is 0 Å². The number of carboxylic acid groups (broad SMARTS) is 1. The van der Waals surface area contributed by atoms with Crippen LogP contribution in [0.15, 0.2) is 36.5 Å². The van der Waals surface area contributed by atoms with Crippen LogP contribution in [0.4, 0.5) is 4.39 Å². The van der Waals surface area contributed by atoms with E-state index in [0.717, 1.165) is 0 Å². The van der Waals surface area contributed by atoms with Gasteiger partial charge < -0.3 is 9.84 Å². The first-order valence-corrected chi connectivity index (χ1v) is 5.15. The number of aromatic carboxylic acids is 1. The number of carboxylic acids is 1. The Kier molecular flexibility index (Phi) is 3.23. The summed E-state index contributed by atoms with van der Waals surface area (Å²) >= 11 is 0. The summed E-state index contributed by atoms with van der Waals surface area (Å²) in [6.07, 6.45) is 1.45. The van der Waals surface area contributed by atoms with E-state index in [-0.39, 0.29) is 11.3 Å². The first kappa shape index (κ1) is 12.0. The smallest absolute Gasteiger partial charge is 0.337 e. The van der Waals surface area contributed by atoms with Crippen molar-refractivity contribution in [3.8, 4) is 17.0 Å². The van der Waals surface area contributed by atoms with Gasteiger partial charge in [0.1, 0.15) is 11.6 Å². The second-order valence-corrected chi connectivity index (χ2v) is 3.55. The van der Waals surface area contributed by atoms with E-state index < -0.39 is 11.8 Å². The molecule has 0 fully saturated rings. The third kappa shape index (κ3) is 2.15. The molecule has 0 unspecified atom stereocenters. The number of aromatic nitrogens is 1. The van der Waals surface area contributed by atoms with E-state index in [1.807, 2.05) is 0 Å². The van der Waals surface area contributed by atoms with Crippen molar-refractivity contribution in [1.82, 2.24) is 4.98 Å². The van der Waals surface area contributed by atoms with Crippen LogP contribution >= 0.6 is 0 Å². The average molecular weight is 247 g/mol. The van der Waals surface area contributed by atoms with Crippen molar-refractivity contribution in [3.63, 3.8) is 0 Å². The first-order valence-electron chi connectivity index (χ1n) is 5.15. The molecule has 2 rings (SSSR count). The van der Waals surface area contributed by atoms with Crippen molar-refractivity contribution in [1.29, 1.82) is 0 Å². The van der Waals surface area contributed by atoms with Crippen molar-refractivity contribution in [2.45, 2.75) is 0 Å². The lowest BCUT2D eigenvalue weighted by atomic mass is 10.0. The maximum atomic E-state index is 13.3. The van der Waals surface area contributed by atoms with Gasteiger partial charge in [-0.3, -0.25) is 4.98 Å². The fraction of sp³-hybridized carbons (Fsp3) is 0.0769. The summed E-state index contributed by atoms with van der Waals surface area (Å²) in [6.45, 7) is 0. The van der Waals surface area contributed by atoms with Gasteiger partial charge in [0, 0.05) is 11.8 Å². The Morgan fingerprint density at radius 1 is 1.39 bits per heavy atom. The summed E-state index contributed by atoms with van der Waals surface area (Å²) in [5.74, 6) is -1.23. The number of pyridine rings is 1. The van der Waals surface area contributed by atoms with Gasteiger partial charge in [0.05, 0.1) is 18.4 Å². The number of hydrogen-bond acceptors (Lipinski definition) is 3. The Morgan fingerprint density at radius 2 is 2.17 bits per heavy atom. The van der Waals surface area contributed by atoms with Crippen LogP contribution in [0.5, 0.6) is 5.75 Å². The zero-order chi connectivity index (χ0) is 13.1. The Bertz CT molecular complexity index is 599. The van der Waals surface area contributed by atoms with E-state index >= 15 is 0 Å². The summed E-state index contributed by atoms with van der Waals surface area (Å²) in [6, 6.07) is 6.80. The maximum absolute atomic E-state index is 13.3. The monoisotopic (exact) mass is 247 g/mol. The van der Waals surface area contributed by atoms with E-state index in [1.165, 1.54) is 43.6 Å². The zero-order valence-electron chi connectivity index (χ0n) is 9.55. The van der Waals surface area contributed by atoms with Crippen molar-refractivity contribution in [3.05, 3.63) is 47.9 Å². The second-order valence-electron chi connectivity index (χ2n) is 3.55. The van der Waals surface area contributed by atoms with E-state index in [1.54, 1.807) is 0 Å². The second kappa shape index (κ2) is 4.83. The summed E-state index contributed by atoms with van der Waals surface area (Å²) in [5.41, 5.74) is 0.498. The maximum Gasteiger partial charge on any atom is 0.337 e. The van der Waals surface area contributed by atoms with Crippen LogP contribution in [0, 0.1) is 5.82 Å². The molecule has 1 aromatic carbocycles. The summed E-state index contributed by atoms with van der Waals surface area (Å²) in [5, 5.41) is 9.09. The van der Waals surface area contributed by atoms with Gasteiger partial charge in [0.25, 0.3) is 0 Å². The molecule has 1 heterocycles. The fourth-order valence-corrected chi connectivity index (χ4v) is 1.66. The van der Waals surface area contributed by atoms with Gasteiger partial charge in [-0.2, -0.15) is 0 Å². The number of halogens is 1. The molecule has 0 spiro atoms. The number of rotatable bonds is 3. The Labute approximate surface area is 103 Å². The Hall–Kier alpha value is -2.43. The fourth-order valence-electron chi connectivity index (χ4n) is 1.66. The standard InChI is InChI=1S/C13H10FNO3/c1-18-11-5-4-8(14)7-10(11)12-9(13(16)17)3-2-6-15-12/h2-7H,1H3,(H,16,17). The molecule has 0 bridgehead atoms. The third-order valence-corrected chi connectivity index (χ3v) is 2.45. The van der Waals surface area contributed by atoms with Crippen LogP contribution in [-0.4, -0.2) is 23.2 Å². The van der Waals surface area contributed by atoms with Crippen molar-refractivity contribution < 1.29 is 19.0 Å². The van der Waals surface area contributed by atoms with Crippen LogP contribution in [0.2, 0.25) is 0 Å². The van der Waals surface area contributed by atoms with Crippen LogP contribution < -0.4 is 4.74 Å². The SMILES string of the molecule is COc1ccc(F)cc1-c1ncccc1C(=O)O. The molecule has 4 nitrogen and oxygen atoms in total. The molecule has 5 heteroatoms. The molecule has 0 aliphatic carbocycles. The largest absolute Gasteiger partial charge is 0.496 e. The Balaban J connectivity index is 2.68. The van der Waals surface area contributed by atoms with Gasteiger partial charge in [-0.15, -0.1) is 0 Å². The predicted molar refractivity (Wildman–Crippen MR) is 63.1 cm³/mol. The van der Waals surface area contributed by atoms with Gasteiger partial charge in [0.2, 0.25) is 0 Å². The molecule has 0 aliphatic heterocycles. The highest BCUT2D eigenvalue weighted by Crippen LogP contribution is 2.31. The molecule has 1 aromatic heterocycles. The molecule has 0 atom stereocenters. The van der Waals surface area contributed by atoms with Crippen LogP contribution in [0.25, 0.3) is 11.3 Å². The molecule has 18 heavy (non-hydrogen) atoms. The summed E-state index contributed by atoms with van der Waals surface area (Å²) in [7, 11) is 1.43. The van der Waals surface area contributed by atoms with E-state index in [9.17, 15) is 9.18 Å². The average Bonchev–Trinajstić information content (AvgIpc) is 2.38. The summed E-state index contributed by atoms with van der Waals surface area (Å²) in [4.78, 5) is 15.1. The van der Waals surface area contributed by atoms with E-state index in [4.69, 9.17) is 9.84 Å². The number of nitrogens with zero attached hydrogens (tertiary/aromatic N) is 1. The van der Waals surface area contributed by atoms with E-state index in [0.29, 0.717) is 11.3 Å². The number of carbonyl (C=O) groups is 1. The predicted octanol–water partition coefficient (Wildman–Crippen LogP) is 2.59. The molecule has 0 aliphatic rings. The van der Waals surface area contributed by atoms with Gasteiger partial charge in [-0.25, -0.2) is 9.18 Å².